The molecule has 2 rings (SSSR count). The fraction of sp³-hybridized carbons (Fsp3) is 0.706. The van der Waals surface area contributed by atoms with Gasteiger partial charge in [0.1, 0.15) is 0 Å². The molecule has 1 saturated carbocycles. The van der Waals surface area contributed by atoms with E-state index in [-0.39, 0.29) is 5.54 Å². The third-order valence-corrected chi connectivity index (χ3v) is 4.77. The molecular formula is C17H29N3. The molecule has 0 aromatic carbocycles. The maximum atomic E-state index is 6.22. The van der Waals surface area contributed by atoms with Crippen LogP contribution in [0.1, 0.15) is 45.6 Å². The lowest BCUT2D eigenvalue weighted by Gasteiger charge is -2.52. The average Bonchev–Trinajstić information content (AvgIpc) is 2.37. The van der Waals surface area contributed by atoms with E-state index >= 15 is 0 Å². The summed E-state index contributed by atoms with van der Waals surface area (Å²) in [7, 11) is 2.22. The molecule has 2 N–H and O–H groups in total. The second-order valence-corrected chi connectivity index (χ2v) is 7.50. The highest BCUT2D eigenvalue weighted by Gasteiger charge is 2.44. The van der Waals surface area contributed by atoms with Crippen LogP contribution >= 0.6 is 0 Å². The Labute approximate surface area is 123 Å². The Morgan fingerprint density at radius 1 is 1.40 bits per heavy atom. The van der Waals surface area contributed by atoms with E-state index in [0.29, 0.717) is 5.41 Å². The summed E-state index contributed by atoms with van der Waals surface area (Å²) in [4.78, 5) is 6.68. The fourth-order valence-electron chi connectivity index (χ4n) is 4.23. The lowest BCUT2D eigenvalue weighted by atomic mass is 9.63. The quantitative estimate of drug-likeness (QED) is 0.918. The summed E-state index contributed by atoms with van der Waals surface area (Å²) >= 11 is 0. The van der Waals surface area contributed by atoms with Gasteiger partial charge in [-0.2, -0.15) is 0 Å². The van der Waals surface area contributed by atoms with E-state index in [1.165, 1.54) is 24.8 Å². The molecule has 2 unspecified atom stereocenters. The maximum absolute atomic E-state index is 6.22. The number of rotatable bonds is 4. The molecule has 0 aliphatic heterocycles. The lowest BCUT2D eigenvalue weighted by Crippen LogP contribution is -2.57. The van der Waals surface area contributed by atoms with Gasteiger partial charge in [-0.25, -0.2) is 0 Å². The van der Waals surface area contributed by atoms with Crippen LogP contribution < -0.4 is 5.73 Å². The second-order valence-electron chi connectivity index (χ2n) is 7.50. The topological polar surface area (TPSA) is 42.1 Å². The maximum Gasteiger partial charge on any atom is 0.0339 e. The van der Waals surface area contributed by atoms with Crippen molar-refractivity contribution in [1.82, 2.24) is 9.88 Å². The van der Waals surface area contributed by atoms with Gasteiger partial charge in [0, 0.05) is 31.0 Å². The minimum atomic E-state index is 0.122. The molecule has 1 aromatic heterocycles. The summed E-state index contributed by atoms with van der Waals surface area (Å²) < 4.78 is 0. The van der Waals surface area contributed by atoms with Crippen LogP contribution in [0.5, 0.6) is 0 Å². The van der Waals surface area contributed by atoms with Crippen LogP contribution in [0, 0.1) is 11.3 Å². The highest BCUT2D eigenvalue weighted by molar-refractivity contribution is 5.10. The molecule has 0 radical (unpaired) electrons. The molecule has 0 bridgehead atoms. The molecule has 3 heteroatoms. The van der Waals surface area contributed by atoms with Crippen LogP contribution in [0.15, 0.2) is 24.5 Å². The number of nitrogens with two attached hydrogens (primary N) is 1. The SMILES string of the molecule is CC1CC(C)(C)CC(CN)(N(C)Cc2cccnc2)C1. The molecule has 2 atom stereocenters. The van der Waals surface area contributed by atoms with Crippen LogP contribution in [0.2, 0.25) is 0 Å². The van der Waals surface area contributed by atoms with Crippen molar-refractivity contribution in [3.63, 3.8) is 0 Å². The summed E-state index contributed by atoms with van der Waals surface area (Å²) in [6.45, 7) is 8.78. The van der Waals surface area contributed by atoms with Crippen molar-refractivity contribution in [3.8, 4) is 0 Å². The number of nitrogens with zero attached hydrogens (tertiary/aromatic N) is 2. The normalized spacial score (nSPS) is 29.6. The van der Waals surface area contributed by atoms with Crippen LogP contribution in [0.4, 0.5) is 0 Å². The van der Waals surface area contributed by atoms with Gasteiger partial charge in [-0.15, -0.1) is 0 Å². The first-order valence-electron chi connectivity index (χ1n) is 7.67. The third-order valence-electron chi connectivity index (χ3n) is 4.77. The molecule has 1 heterocycles. The largest absolute Gasteiger partial charge is 0.329 e. The van der Waals surface area contributed by atoms with Gasteiger partial charge >= 0.3 is 0 Å². The van der Waals surface area contributed by atoms with Crippen molar-refractivity contribution >= 4 is 0 Å². The predicted molar refractivity (Wildman–Crippen MR) is 84.3 cm³/mol. The molecule has 3 nitrogen and oxygen atoms in total. The Morgan fingerprint density at radius 3 is 2.70 bits per heavy atom. The summed E-state index contributed by atoms with van der Waals surface area (Å²) in [5.74, 6) is 0.735. The van der Waals surface area contributed by atoms with Crippen molar-refractivity contribution < 1.29 is 0 Å². The first kappa shape index (κ1) is 15.5. The summed E-state index contributed by atoms with van der Waals surface area (Å²) in [5, 5.41) is 0. The number of hydrogen-bond donors (Lipinski definition) is 1. The Bertz CT molecular complexity index is 429. The standard InChI is InChI=1S/C17H29N3/c1-14-8-16(2,3)12-17(9-14,13-18)20(4)11-15-6-5-7-19-10-15/h5-7,10,14H,8-9,11-13,18H2,1-4H3. The number of aromatic nitrogens is 1. The zero-order valence-electron chi connectivity index (χ0n) is 13.4. The molecule has 1 aliphatic carbocycles. The van der Waals surface area contributed by atoms with Crippen molar-refractivity contribution in [2.24, 2.45) is 17.1 Å². The molecule has 0 saturated heterocycles. The highest BCUT2D eigenvalue weighted by Crippen LogP contribution is 2.46. The number of hydrogen-bond acceptors (Lipinski definition) is 3. The van der Waals surface area contributed by atoms with Crippen molar-refractivity contribution in [2.75, 3.05) is 13.6 Å². The molecule has 112 valence electrons. The Balaban J connectivity index is 2.17. The van der Waals surface area contributed by atoms with Gasteiger partial charge in [-0.3, -0.25) is 9.88 Å². The summed E-state index contributed by atoms with van der Waals surface area (Å²) in [6.07, 6.45) is 7.46. The van der Waals surface area contributed by atoms with Crippen LogP contribution in [0.3, 0.4) is 0 Å². The average molecular weight is 275 g/mol. The van der Waals surface area contributed by atoms with E-state index in [2.05, 4.69) is 43.8 Å². The predicted octanol–water partition coefficient (Wildman–Crippen LogP) is 3.06. The van der Waals surface area contributed by atoms with Crippen molar-refractivity contribution in [2.45, 2.75) is 52.1 Å². The van der Waals surface area contributed by atoms with E-state index < -0.39 is 0 Å². The fourth-order valence-corrected chi connectivity index (χ4v) is 4.23. The third kappa shape index (κ3) is 3.39. The van der Waals surface area contributed by atoms with E-state index in [1.807, 2.05) is 18.5 Å². The number of likely N-dealkylation sites (N-methyl/N-ethyl adjacent to an activating group) is 1. The lowest BCUT2D eigenvalue weighted by molar-refractivity contribution is -0.00118. The Kier molecular flexibility index (Phi) is 4.50. The van der Waals surface area contributed by atoms with Crippen LogP contribution in [0.25, 0.3) is 0 Å². The second kappa shape index (κ2) is 5.82. The van der Waals surface area contributed by atoms with Crippen molar-refractivity contribution in [3.05, 3.63) is 30.1 Å². The molecule has 20 heavy (non-hydrogen) atoms. The van der Waals surface area contributed by atoms with E-state index in [0.717, 1.165) is 19.0 Å². The van der Waals surface area contributed by atoms with Gasteiger partial charge < -0.3 is 5.73 Å². The van der Waals surface area contributed by atoms with Gasteiger partial charge in [0.25, 0.3) is 0 Å². The molecule has 0 amide bonds. The van der Waals surface area contributed by atoms with Gasteiger partial charge in [0.05, 0.1) is 0 Å². The molecule has 1 aromatic rings. The van der Waals surface area contributed by atoms with E-state index in [4.69, 9.17) is 5.73 Å². The van der Waals surface area contributed by atoms with Gasteiger partial charge in [0.15, 0.2) is 0 Å². The first-order chi connectivity index (χ1) is 9.37. The van der Waals surface area contributed by atoms with Crippen LogP contribution in [-0.4, -0.2) is 29.0 Å². The minimum absolute atomic E-state index is 0.122. The van der Waals surface area contributed by atoms with Gasteiger partial charge in [-0.1, -0.05) is 26.8 Å². The number of pyridine rings is 1. The Hall–Kier alpha value is -0.930. The minimum Gasteiger partial charge on any atom is -0.329 e. The highest BCUT2D eigenvalue weighted by atomic mass is 15.2. The Morgan fingerprint density at radius 2 is 2.15 bits per heavy atom. The monoisotopic (exact) mass is 275 g/mol. The summed E-state index contributed by atoms with van der Waals surface area (Å²) in [6, 6.07) is 4.15. The molecule has 1 fully saturated rings. The first-order valence-corrected chi connectivity index (χ1v) is 7.67. The van der Waals surface area contributed by atoms with Crippen LogP contribution in [-0.2, 0) is 6.54 Å². The van der Waals surface area contributed by atoms with Gasteiger partial charge in [-0.05, 0) is 49.3 Å². The zero-order chi connectivity index (χ0) is 14.8. The summed E-state index contributed by atoms with van der Waals surface area (Å²) in [5.41, 5.74) is 7.98. The molecule has 1 aliphatic rings. The van der Waals surface area contributed by atoms with E-state index in [1.54, 1.807) is 0 Å². The zero-order valence-corrected chi connectivity index (χ0v) is 13.4. The van der Waals surface area contributed by atoms with Gasteiger partial charge in [0.2, 0.25) is 0 Å². The van der Waals surface area contributed by atoms with E-state index in [9.17, 15) is 0 Å². The smallest absolute Gasteiger partial charge is 0.0339 e. The molecule has 0 spiro atoms. The molecular weight excluding hydrogens is 246 g/mol. The van der Waals surface area contributed by atoms with Crippen molar-refractivity contribution in [1.29, 1.82) is 0 Å².